The fourth-order valence-electron chi connectivity index (χ4n) is 4.61. The molecule has 5 aromatic carbocycles. The molecule has 0 saturated heterocycles. The van der Waals surface area contributed by atoms with Gasteiger partial charge >= 0.3 is 37.9 Å². The van der Waals surface area contributed by atoms with Crippen LogP contribution in [0.2, 0.25) is 13.1 Å². The average Bonchev–Trinajstić information content (AvgIpc) is 3.52. The van der Waals surface area contributed by atoms with E-state index in [2.05, 4.69) is 124 Å². The summed E-state index contributed by atoms with van der Waals surface area (Å²) in [6, 6.07) is 37.9. The van der Waals surface area contributed by atoms with Gasteiger partial charge in [-0.25, -0.2) is 0 Å². The number of halogens is 2. The van der Waals surface area contributed by atoms with Crippen molar-refractivity contribution in [1.82, 2.24) is 0 Å². The van der Waals surface area contributed by atoms with Gasteiger partial charge in [0.25, 0.3) is 0 Å². The Morgan fingerprint density at radius 2 is 1.46 bits per heavy atom. The summed E-state index contributed by atoms with van der Waals surface area (Å²) >= 11 is -0.826. The molecular weight excluding hydrogens is 587 g/mol. The van der Waals surface area contributed by atoms with Crippen LogP contribution >= 0.6 is 17.0 Å². The van der Waals surface area contributed by atoms with Crippen molar-refractivity contribution in [3.8, 4) is 22.3 Å². The molecular formula is C33H32Cl2SiZr. The zero-order chi connectivity index (χ0) is 26.6. The maximum absolute atomic E-state index is 4.93. The van der Waals surface area contributed by atoms with Crippen LogP contribution in [0.15, 0.2) is 97.1 Å². The zero-order valence-corrected chi connectivity index (χ0v) is 26.9. The fourth-order valence-corrected chi connectivity index (χ4v) is 4.61. The molecule has 0 heterocycles. The van der Waals surface area contributed by atoms with E-state index in [-0.39, 0.29) is 0 Å². The maximum Gasteiger partial charge on any atom is -0.0253 e. The number of hydrogen-bond acceptors (Lipinski definition) is 0. The van der Waals surface area contributed by atoms with E-state index >= 15 is 0 Å². The first-order valence-corrected chi connectivity index (χ1v) is 20.8. The van der Waals surface area contributed by atoms with Crippen LogP contribution in [-0.2, 0) is 33.7 Å². The molecule has 0 bridgehead atoms. The topological polar surface area (TPSA) is 0 Å². The summed E-state index contributed by atoms with van der Waals surface area (Å²) < 4.78 is 0. The third-order valence-electron chi connectivity index (χ3n) is 6.27. The first-order valence-electron chi connectivity index (χ1n) is 12.4. The fraction of sp³-hybridized carbons (Fsp3) is 0.182. The molecule has 0 atom stereocenters. The smallest absolute Gasteiger partial charge is 0.0253 e. The summed E-state index contributed by atoms with van der Waals surface area (Å²) in [4.78, 5) is 0. The molecule has 1 aliphatic rings. The third kappa shape index (κ3) is 7.84. The van der Waals surface area contributed by atoms with Crippen molar-refractivity contribution < 1.29 is 20.8 Å². The molecule has 4 heteroatoms. The Bertz CT molecular complexity index is 1360. The summed E-state index contributed by atoms with van der Waals surface area (Å²) in [5.41, 5.74) is 11.0. The summed E-state index contributed by atoms with van der Waals surface area (Å²) in [6.45, 7) is 8.69. The molecule has 0 amide bonds. The predicted octanol–water partition coefficient (Wildman–Crippen LogP) is 10.3. The number of fused-ring (bicyclic) bond motifs is 4. The molecule has 0 nitrogen and oxygen atoms in total. The number of rotatable bonds is 2. The second-order valence-electron chi connectivity index (χ2n) is 8.81. The number of benzene rings is 4. The minimum atomic E-state index is -0.826. The maximum atomic E-state index is 4.93. The van der Waals surface area contributed by atoms with Crippen molar-refractivity contribution in [2.24, 2.45) is 0 Å². The molecule has 6 rings (SSSR count). The van der Waals surface area contributed by atoms with Crippen LogP contribution in [0.3, 0.4) is 0 Å². The molecule has 1 aliphatic carbocycles. The molecule has 0 N–H and O–H groups in total. The number of hydrogen-bond donors (Lipinski definition) is 0. The molecule has 186 valence electrons. The Morgan fingerprint density at radius 1 is 0.838 bits per heavy atom. The Hall–Kier alpha value is -1.83. The van der Waals surface area contributed by atoms with Crippen LogP contribution in [0.1, 0.15) is 29.2 Å². The van der Waals surface area contributed by atoms with Crippen molar-refractivity contribution >= 4 is 37.3 Å². The van der Waals surface area contributed by atoms with Gasteiger partial charge in [-0.3, -0.25) is 0 Å². The van der Waals surface area contributed by atoms with Crippen molar-refractivity contribution in [3.63, 3.8) is 0 Å². The minimum Gasteiger partial charge on any atom is -0.179 e. The van der Waals surface area contributed by atoms with Crippen LogP contribution in [0.4, 0.5) is 0 Å². The Kier molecular flexibility index (Phi) is 12.5. The van der Waals surface area contributed by atoms with Gasteiger partial charge in [-0.1, -0.05) is 91.3 Å². The molecule has 0 saturated carbocycles. The van der Waals surface area contributed by atoms with Crippen LogP contribution < -0.4 is 0 Å². The van der Waals surface area contributed by atoms with E-state index in [1.54, 1.807) is 0 Å². The second kappa shape index (κ2) is 15.6. The van der Waals surface area contributed by atoms with Crippen LogP contribution in [-0.4, -0.2) is 9.52 Å². The van der Waals surface area contributed by atoms with Crippen LogP contribution in [0.5, 0.6) is 0 Å². The van der Waals surface area contributed by atoms with Crippen molar-refractivity contribution in [2.75, 3.05) is 0 Å². The van der Waals surface area contributed by atoms with Gasteiger partial charge in [-0.05, 0) is 30.9 Å². The van der Waals surface area contributed by atoms with Crippen LogP contribution in [0, 0.1) is 13.0 Å². The summed E-state index contributed by atoms with van der Waals surface area (Å²) in [7, 11) is 11.0. The van der Waals surface area contributed by atoms with Gasteiger partial charge in [0.15, 0.2) is 0 Å². The van der Waals surface area contributed by atoms with Crippen molar-refractivity contribution in [2.45, 2.75) is 39.8 Å². The summed E-state index contributed by atoms with van der Waals surface area (Å²) in [5, 5.41) is 2.73. The van der Waals surface area contributed by atoms with E-state index in [4.69, 9.17) is 17.0 Å². The molecule has 2 radical (unpaired) electrons. The minimum absolute atomic E-state index is 0.826. The van der Waals surface area contributed by atoms with Gasteiger partial charge < -0.3 is 0 Å². The molecule has 0 fully saturated rings. The normalized spacial score (nSPS) is 10.4. The monoisotopic (exact) mass is 616 g/mol. The molecule has 5 aromatic rings. The van der Waals surface area contributed by atoms with Gasteiger partial charge in [0.05, 0.1) is 0 Å². The van der Waals surface area contributed by atoms with Crippen LogP contribution in [0.25, 0.3) is 33.0 Å². The van der Waals surface area contributed by atoms with E-state index in [1.165, 1.54) is 55.3 Å². The second-order valence-corrected chi connectivity index (χ2v) is 13.5. The average molecular weight is 619 g/mol. The summed E-state index contributed by atoms with van der Waals surface area (Å²) in [6.07, 6.45) is 2.15. The van der Waals surface area contributed by atoms with Gasteiger partial charge in [-0.2, -0.15) is 35.9 Å². The largest absolute Gasteiger partial charge is 0.179 e. The van der Waals surface area contributed by atoms with E-state index in [0.717, 1.165) is 22.4 Å². The first-order chi connectivity index (χ1) is 18.1. The summed E-state index contributed by atoms with van der Waals surface area (Å²) in [5.74, 6) is 0. The van der Waals surface area contributed by atoms with E-state index in [0.29, 0.717) is 0 Å². The Morgan fingerprint density at radius 3 is 2.16 bits per heavy atom. The van der Waals surface area contributed by atoms with Gasteiger partial charge in [0, 0.05) is 9.52 Å². The van der Waals surface area contributed by atoms with E-state index in [1.807, 2.05) is 6.07 Å². The Labute approximate surface area is 243 Å². The van der Waals surface area contributed by atoms with E-state index < -0.39 is 20.8 Å². The van der Waals surface area contributed by atoms with Crippen molar-refractivity contribution in [3.05, 3.63) is 125 Å². The molecule has 0 aromatic heterocycles. The molecule has 0 unspecified atom stereocenters. The molecule has 37 heavy (non-hydrogen) atoms. The first kappa shape index (κ1) is 29.7. The molecule has 0 aliphatic heterocycles. The standard InChI is InChI=1S/C18H17.C13H9.C2H6Si.2ClH.Zr/c1-3-14-11-15-8-6-10-17(18(15)12-14)16-9-5-4-7-13(16)2;1-3-7-12-10(5-1)9-11-6-2-4-8-13(11)12;1-3-2;;;/h4-12H,3H2,1-2H3;1-5,7-8H,9H2;1-2H3;2*1H;/q2*-1;;;;+4/p-2. The predicted molar refractivity (Wildman–Crippen MR) is 162 cm³/mol. The Balaban J connectivity index is 0.000000175. The van der Waals surface area contributed by atoms with Crippen molar-refractivity contribution in [1.29, 1.82) is 0 Å². The zero-order valence-electron chi connectivity index (χ0n) is 21.9. The van der Waals surface area contributed by atoms with E-state index in [9.17, 15) is 0 Å². The van der Waals surface area contributed by atoms with Gasteiger partial charge in [0.1, 0.15) is 0 Å². The SMILES string of the molecule is CCc1cc2c(-c3ccccc3C)cccc2[cH-]1.C[Si]C.[Cl][Zr+2][Cl].[c-]1cccc2c1Cc1ccccc1-2. The molecule has 0 spiro atoms. The van der Waals surface area contributed by atoms with Gasteiger partial charge in [-0.15, -0.1) is 40.1 Å². The quantitative estimate of drug-likeness (QED) is 0.134. The third-order valence-corrected chi connectivity index (χ3v) is 6.27. The number of aryl methyl sites for hydroxylation is 2. The van der Waals surface area contributed by atoms with Gasteiger partial charge in [0.2, 0.25) is 0 Å².